The van der Waals surface area contributed by atoms with Gasteiger partial charge in [-0.15, -0.1) is 0 Å². The molecule has 0 saturated heterocycles. The summed E-state index contributed by atoms with van der Waals surface area (Å²) < 4.78 is 1.70. The van der Waals surface area contributed by atoms with E-state index >= 15 is 0 Å². The number of carbonyl (C=O) groups is 1. The molecule has 2 aromatic carbocycles. The molecule has 6 nitrogen and oxygen atoms in total. The number of nitrogens with zero attached hydrogens (tertiary/aromatic N) is 3. The number of rotatable bonds is 3. The smallest absolute Gasteiger partial charge is 0.271 e. The van der Waals surface area contributed by atoms with Crippen LogP contribution in [0.15, 0.2) is 46.3 Å². The summed E-state index contributed by atoms with van der Waals surface area (Å²) in [4.78, 5) is 29.3. The topological polar surface area (TPSA) is 76.3 Å². The Bertz CT molecular complexity index is 1150. The van der Waals surface area contributed by atoms with Gasteiger partial charge in [0.2, 0.25) is 0 Å². The number of aromatic nitrogens is 2. The predicted octanol–water partition coefficient (Wildman–Crippen LogP) is 3.41. The number of benzene rings is 2. The number of aryl methyl sites for hydroxylation is 1. The van der Waals surface area contributed by atoms with Gasteiger partial charge in [0.05, 0.1) is 27.2 Å². The molecule has 1 N–H and O–H groups in total. The van der Waals surface area contributed by atoms with Crippen molar-refractivity contribution in [2.75, 3.05) is 0 Å². The van der Waals surface area contributed by atoms with Crippen molar-refractivity contribution in [2.24, 2.45) is 5.10 Å². The first-order valence-electron chi connectivity index (χ1n) is 8.35. The predicted molar refractivity (Wildman–Crippen MR) is 106 cm³/mol. The van der Waals surface area contributed by atoms with Crippen molar-refractivity contribution < 1.29 is 4.79 Å². The lowest BCUT2D eigenvalue weighted by atomic mass is 10.1. The van der Waals surface area contributed by atoms with Crippen LogP contribution in [0.2, 0.25) is 10.0 Å². The van der Waals surface area contributed by atoms with Gasteiger partial charge in [0.25, 0.3) is 11.5 Å². The van der Waals surface area contributed by atoms with E-state index in [0.29, 0.717) is 38.6 Å². The van der Waals surface area contributed by atoms with Crippen molar-refractivity contribution in [3.8, 4) is 0 Å². The number of hydrogen-bond donors (Lipinski definition) is 1. The zero-order chi connectivity index (χ0) is 19.0. The van der Waals surface area contributed by atoms with Gasteiger partial charge >= 0.3 is 0 Å². The summed E-state index contributed by atoms with van der Waals surface area (Å²) in [6.45, 7) is 0.695. The molecule has 2 heterocycles. The Hall–Kier alpha value is -2.70. The minimum absolute atomic E-state index is 0.0620. The lowest BCUT2D eigenvalue weighted by molar-refractivity contribution is 0.0955. The van der Waals surface area contributed by atoms with Crippen LogP contribution in [-0.4, -0.2) is 21.7 Å². The molecule has 0 spiro atoms. The highest BCUT2D eigenvalue weighted by Crippen LogP contribution is 2.24. The molecule has 1 aliphatic heterocycles. The molecule has 136 valence electrons. The lowest BCUT2D eigenvalue weighted by Gasteiger charge is -2.06. The molecule has 0 bridgehead atoms. The molecule has 1 aliphatic rings. The molecule has 0 saturated carbocycles. The van der Waals surface area contributed by atoms with E-state index in [1.54, 1.807) is 41.0 Å². The summed E-state index contributed by atoms with van der Waals surface area (Å²) in [6.07, 6.45) is 3.10. The fraction of sp³-hybridized carbons (Fsp3) is 0.158. The van der Waals surface area contributed by atoms with Crippen molar-refractivity contribution in [2.45, 2.75) is 19.4 Å². The fourth-order valence-corrected chi connectivity index (χ4v) is 3.43. The SMILES string of the molecule is O=C(N/N=C\c1cccc(Cl)c1Cl)c1ccc2c(=O)n3c(nc2c1)CCC3. The monoisotopic (exact) mass is 400 g/mol. The van der Waals surface area contributed by atoms with Gasteiger partial charge in [-0.3, -0.25) is 14.2 Å². The Morgan fingerprint density at radius 2 is 2.11 bits per heavy atom. The number of nitrogens with one attached hydrogen (secondary N) is 1. The standard InChI is InChI=1S/C19H14Cl2N4O2/c20-14-4-1-3-12(17(14)21)10-22-24-18(26)11-6-7-13-15(9-11)23-16-5-2-8-25(16)19(13)27/h1,3-4,6-7,9-10H,2,5,8H2,(H,24,26)/b22-10-. The molecule has 27 heavy (non-hydrogen) atoms. The summed E-state index contributed by atoms with van der Waals surface area (Å²) in [6, 6.07) is 9.96. The molecular weight excluding hydrogens is 387 g/mol. The minimum atomic E-state index is -0.409. The van der Waals surface area contributed by atoms with Crippen LogP contribution in [0.25, 0.3) is 10.9 Å². The fourth-order valence-electron chi connectivity index (χ4n) is 3.07. The van der Waals surface area contributed by atoms with Crippen molar-refractivity contribution in [3.63, 3.8) is 0 Å². The lowest BCUT2D eigenvalue weighted by Crippen LogP contribution is -2.22. The number of hydrogen-bond acceptors (Lipinski definition) is 4. The third kappa shape index (κ3) is 3.34. The van der Waals surface area contributed by atoms with E-state index in [9.17, 15) is 9.59 Å². The molecule has 0 fully saturated rings. The third-order valence-corrected chi connectivity index (χ3v) is 5.26. The van der Waals surface area contributed by atoms with Crippen molar-refractivity contribution >= 4 is 46.2 Å². The number of hydrazone groups is 1. The molecular formula is C19H14Cl2N4O2. The van der Waals surface area contributed by atoms with Crippen LogP contribution in [0.3, 0.4) is 0 Å². The van der Waals surface area contributed by atoms with Gasteiger partial charge in [0.1, 0.15) is 5.82 Å². The second kappa shape index (κ2) is 7.13. The number of carbonyl (C=O) groups excluding carboxylic acids is 1. The van der Waals surface area contributed by atoms with E-state index in [1.807, 2.05) is 0 Å². The molecule has 3 aromatic rings. The minimum Gasteiger partial charge on any atom is -0.296 e. The second-order valence-corrected chi connectivity index (χ2v) is 6.95. The number of halogens is 2. The Kier molecular flexibility index (Phi) is 4.68. The van der Waals surface area contributed by atoms with Crippen molar-refractivity contribution in [1.29, 1.82) is 0 Å². The highest BCUT2D eigenvalue weighted by molar-refractivity contribution is 6.43. The van der Waals surface area contributed by atoms with Crippen LogP contribution >= 0.6 is 23.2 Å². The molecule has 8 heteroatoms. The molecule has 0 aliphatic carbocycles. The van der Waals surface area contributed by atoms with E-state index in [0.717, 1.165) is 18.7 Å². The Morgan fingerprint density at radius 1 is 1.26 bits per heavy atom. The second-order valence-electron chi connectivity index (χ2n) is 6.16. The maximum Gasteiger partial charge on any atom is 0.271 e. The largest absolute Gasteiger partial charge is 0.296 e. The van der Waals surface area contributed by atoms with Crippen LogP contribution in [-0.2, 0) is 13.0 Å². The van der Waals surface area contributed by atoms with Crippen LogP contribution in [0.1, 0.15) is 28.2 Å². The Morgan fingerprint density at radius 3 is 2.96 bits per heavy atom. The molecule has 0 radical (unpaired) electrons. The Balaban J connectivity index is 1.58. The van der Waals surface area contributed by atoms with Crippen LogP contribution < -0.4 is 11.0 Å². The van der Waals surface area contributed by atoms with E-state index in [-0.39, 0.29) is 5.56 Å². The first-order chi connectivity index (χ1) is 13.0. The average Bonchev–Trinajstić information content (AvgIpc) is 3.13. The summed E-state index contributed by atoms with van der Waals surface area (Å²) in [7, 11) is 0. The Labute approximate surface area is 164 Å². The first kappa shape index (κ1) is 17.7. The number of amides is 1. The normalized spacial score (nSPS) is 13.3. The number of fused-ring (bicyclic) bond motifs is 2. The molecule has 1 amide bonds. The van der Waals surface area contributed by atoms with E-state index in [4.69, 9.17) is 23.2 Å². The highest BCUT2D eigenvalue weighted by atomic mass is 35.5. The first-order valence-corrected chi connectivity index (χ1v) is 9.11. The van der Waals surface area contributed by atoms with Gasteiger partial charge in [-0.05, 0) is 30.7 Å². The summed E-state index contributed by atoms with van der Waals surface area (Å²) in [5.41, 5.74) is 3.86. The molecule has 4 rings (SSSR count). The van der Waals surface area contributed by atoms with Gasteiger partial charge < -0.3 is 0 Å². The van der Waals surface area contributed by atoms with E-state index in [2.05, 4.69) is 15.5 Å². The molecule has 1 aromatic heterocycles. The van der Waals surface area contributed by atoms with Crippen molar-refractivity contribution in [1.82, 2.24) is 15.0 Å². The van der Waals surface area contributed by atoms with Gasteiger partial charge in [-0.1, -0.05) is 35.3 Å². The van der Waals surface area contributed by atoms with Crippen LogP contribution in [0.5, 0.6) is 0 Å². The molecule has 0 atom stereocenters. The van der Waals surface area contributed by atoms with Crippen LogP contribution in [0, 0.1) is 0 Å². The summed E-state index contributed by atoms with van der Waals surface area (Å²) in [5, 5.41) is 5.20. The van der Waals surface area contributed by atoms with Gasteiger partial charge in [0, 0.05) is 24.1 Å². The zero-order valence-electron chi connectivity index (χ0n) is 14.1. The summed E-state index contributed by atoms with van der Waals surface area (Å²) >= 11 is 12.0. The van der Waals surface area contributed by atoms with E-state index < -0.39 is 5.91 Å². The van der Waals surface area contributed by atoms with E-state index in [1.165, 1.54) is 6.21 Å². The highest BCUT2D eigenvalue weighted by Gasteiger charge is 2.17. The van der Waals surface area contributed by atoms with Crippen LogP contribution in [0.4, 0.5) is 0 Å². The maximum absolute atomic E-state index is 12.5. The van der Waals surface area contributed by atoms with Crippen molar-refractivity contribution in [3.05, 3.63) is 73.7 Å². The maximum atomic E-state index is 12.5. The summed E-state index contributed by atoms with van der Waals surface area (Å²) in [5.74, 6) is 0.354. The molecule has 0 unspecified atom stereocenters. The third-order valence-electron chi connectivity index (χ3n) is 4.43. The van der Waals surface area contributed by atoms with Gasteiger partial charge in [-0.2, -0.15) is 5.10 Å². The van der Waals surface area contributed by atoms with Gasteiger partial charge in [-0.25, -0.2) is 10.4 Å². The average molecular weight is 401 g/mol. The zero-order valence-corrected chi connectivity index (χ0v) is 15.6. The van der Waals surface area contributed by atoms with Gasteiger partial charge in [0.15, 0.2) is 0 Å². The quantitative estimate of drug-likeness (QED) is 0.540.